The molecule has 1 aliphatic rings. The third kappa shape index (κ3) is 20.0. The third-order valence-corrected chi connectivity index (χ3v) is 12.3. The molecule has 3 aromatic rings. The van der Waals surface area contributed by atoms with Gasteiger partial charge >= 0.3 is 18.1 Å². The topological polar surface area (TPSA) is 398 Å². The number of carboxylic acids is 2. The maximum atomic E-state index is 14.6. The van der Waals surface area contributed by atoms with Gasteiger partial charge in [-0.15, -0.1) is 0 Å². The smallest absolute Gasteiger partial charge is 0.480 e. The summed E-state index contributed by atoms with van der Waals surface area (Å²) in [6.07, 6.45) is -4.70. The molecule has 426 valence electrons. The molecule has 0 aliphatic carbocycles. The van der Waals surface area contributed by atoms with E-state index < -0.39 is 127 Å². The van der Waals surface area contributed by atoms with Crippen molar-refractivity contribution in [3.8, 4) is 0 Å². The molecular weight excluding hydrogens is 1020 g/mol. The number of aliphatic carboxylic acids is 2. The van der Waals surface area contributed by atoms with Crippen molar-refractivity contribution in [3.05, 3.63) is 71.9 Å². The van der Waals surface area contributed by atoms with Crippen molar-refractivity contribution in [2.75, 3.05) is 19.7 Å². The molecule has 0 unspecified atom stereocenters. The van der Waals surface area contributed by atoms with Crippen LogP contribution in [0.15, 0.2) is 60.8 Å². The number of halogens is 3. The number of hydrogen-bond donors (Lipinski definition) is 14. The summed E-state index contributed by atoms with van der Waals surface area (Å²) in [5.74, 6) is -10.3. The Morgan fingerprint density at radius 3 is 1.81 bits per heavy atom. The van der Waals surface area contributed by atoms with Crippen LogP contribution in [0, 0.1) is 5.92 Å². The zero-order valence-electron chi connectivity index (χ0n) is 43.0. The number of nitrogens with zero attached hydrogens (tertiary/aromatic N) is 1. The summed E-state index contributed by atoms with van der Waals surface area (Å²) in [6.45, 7) is 5.62. The van der Waals surface area contributed by atoms with E-state index in [2.05, 4.69) is 36.9 Å². The molecule has 0 spiro atoms. The number of H-pyrrole nitrogens is 1. The third-order valence-electron chi connectivity index (χ3n) is 12.3. The minimum absolute atomic E-state index is 0.0477. The number of carbonyl (C=O) groups is 9. The standard InChI is InChI=1S/C48H70N10O12.C2HF3O2/c1-26(2)21-36(48(69)70)54-45(66)39(27(3)60)57-46(67)40(28(4)61)56-43(64)34(22-29-13-6-5-7-14-29)52-42(63)35(23-30-24-51-33-17-9-8-15-31(30)33)53-44(65)38-18-12-20-58(38)47(68)37(25-59)55-41(62)32(50)16-10-11-19-49;3-2(4,5)1(6)7/h5-9,13-15,17,24,26-28,32,34-40,51,59-61H,10-12,16,18-23,25,49-50H2,1-4H3,(H,52,63)(H,53,65)(H,54,66)(H,55,62)(H,56,64)(H,57,67)(H,69,70);(H,6,7)/t27-,28-,32+,34+,35+,36+,37+,38+,39+,40+;/m1./s1. The monoisotopic (exact) mass is 1090 g/mol. The molecule has 1 aliphatic heterocycles. The van der Waals surface area contributed by atoms with Gasteiger partial charge in [0, 0.05) is 36.5 Å². The molecule has 77 heavy (non-hydrogen) atoms. The van der Waals surface area contributed by atoms with E-state index in [0.717, 1.165) is 10.9 Å². The summed E-state index contributed by atoms with van der Waals surface area (Å²) in [7, 11) is 0. The molecule has 0 radical (unpaired) electrons. The fourth-order valence-corrected chi connectivity index (χ4v) is 8.20. The van der Waals surface area contributed by atoms with Gasteiger partial charge in [-0.3, -0.25) is 33.6 Å². The zero-order valence-corrected chi connectivity index (χ0v) is 43.0. The van der Waals surface area contributed by atoms with Crippen molar-refractivity contribution < 1.29 is 81.9 Å². The molecule has 27 heteroatoms. The number of unbranched alkanes of at least 4 members (excludes halogenated alkanes) is 1. The Kier molecular flexibility index (Phi) is 25.4. The van der Waals surface area contributed by atoms with Crippen LogP contribution in [0.5, 0.6) is 0 Å². The first-order chi connectivity index (χ1) is 36.2. The van der Waals surface area contributed by atoms with Crippen LogP contribution < -0.4 is 43.4 Å². The molecule has 1 aromatic heterocycles. The normalized spacial score (nSPS) is 16.9. The number of hydrogen-bond acceptors (Lipinski definition) is 14. The highest BCUT2D eigenvalue weighted by Gasteiger charge is 2.41. The first-order valence-corrected chi connectivity index (χ1v) is 24.9. The van der Waals surface area contributed by atoms with Crippen LogP contribution in [0.3, 0.4) is 0 Å². The number of likely N-dealkylation sites (tertiary alicyclic amines) is 1. The summed E-state index contributed by atoms with van der Waals surface area (Å²) < 4.78 is 31.7. The number of nitrogens with two attached hydrogens (primary N) is 2. The number of aliphatic hydroxyl groups excluding tert-OH is 3. The highest BCUT2D eigenvalue weighted by Crippen LogP contribution is 2.22. The van der Waals surface area contributed by atoms with E-state index >= 15 is 0 Å². The van der Waals surface area contributed by atoms with Gasteiger partial charge in [-0.1, -0.05) is 68.8 Å². The van der Waals surface area contributed by atoms with E-state index in [1.807, 2.05) is 18.2 Å². The van der Waals surface area contributed by atoms with Gasteiger partial charge < -0.3 is 78.8 Å². The first-order valence-electron chi connectivity index (χ1n) is 24.9. The van der Waals surface area contributed by atoms with Gasteiger partial charge in [-0.05, 0) is 75.6 Å². The lowest BCUT2D eigenvalue weighted by atomic mass is 10.0. The Bertz CT molecular complexity index is 2480. The molecule has 0 bridgehead atoms. The number of carbonyl (C=O) groups excluding carboxylic acids is 7. The lowest BCUT2D eigenvalue weighted by Crippen LogP contribution is -2.63. The van der Waals surface area contributed by atoms with Gasteiger partial charge in [-0.2, -0.15) is 13.2 Å². The number of alkyl halides is 3. The van der Waals surface area contributed by atoms with Crippen molar-refractivity contribution in [3.63, 3.8) is 0 Å². The molecule has 4 rings (SSSR count). The minimum Gasteiger partial charge on any atom is -0.480 e. The van der Waals surface area contributed by atoms with E-state index in [1.165, 1.54) is 18.7 Å². The van der Waals surface area contributed by atoms with Gasteiger partial charge in [0.15, 0.2) is 0 Å². The van der Waals surface area contributed by atoms with Crippen molar-refractivity contribution >= 4 is 64.2 Å². The van der Waals surface area contributed by atoms with Gasteiger partial charge in [0.1, 0.15) is 42.3 Å². The average Bonchev–Trinajstić information content (AvgIpc) is 4.03. The van der Waals surface area contributed by atoms with Crippen molar-refractivity contribution in [2.24, 2.45) is 17.4 Å². The van der Waals surface area contributed by atoms with Gasteiger partial charge in [0.05, 0.1) is 24.9 Å². The van der Waals surface area contributed by atoms with Gasteiger partial charge in [0.25, 0.3) is 0 Å². The van der Waals surface area contributed by atoms with Crippen molar-refractivity contribution in [1.29, 1.82) is 0 Å². The number of aromatic nitrogens is 1. The molecule has 10 atom stereocenters. The van der Waals surface area contributed by atoms with Crippen molar-refractivity contribution in [2.45, 2.75) is 146 Å². The largest absolute Gasteiger partial charge is 0.490 e. The molecule has 1 saturated heterocycles. The lowest BCUT2D eigenvalue weighted by molar-refractivity contribution is -0.192. The van der Waals surface area contributed by atoms with Crippen molar-refractivity contribution in [1.82, 2.24) is 41.8 Å². The number of aromatic amines is 1. The number of aliphatic hydroxyl groups is 3. The summed E-state index contributed by atoms with van der Waals surface area (Å²) >= 11 is 0. The molecular formula is C50H71F3N10O14. The Hall–Kier alpha value is -7.20. The average molecular weight is 1090 g/mol. The van der Waals surface area contributed by atoms with Gasteiger partial charge in [0.2, 0.25) is 41.4 Å². The number of rotatable bonds is 27. The van der Waals surface area contributed by atoms with Crippen LogP contribution in [-0.4, -0.2) is 175 Å². The molecule has 0 saturated carbocycles. The molecule has 24 nitrogen and oxygen atoms in total. The molecule has 1 fully saturated rings. The number of para-hydroxylation sites is 1. The first kappa shape index (κ1) is 64.1. The predicted octanol–water partition coefficient (Wildman–Crippen LogP) is -1.17. The second-order valence-corrected chi connectivity index (χ2v) is 19.0. The van der Waals surface area contributed by atoms with Crippen LogP contribution in [0.25, 0.3) is 10.9 Å². The Morgan fingerprint density at radius 1 is 0.714 bits per heavy atom. The number of nitrogens with one attached hydrogen (secondary N) is 7. The molecule has 2 aromatic carbocycles. The fourth-order valence-electron chi connectivity index (χ4n) is 8.20. The Balaban J connectivity index is 0.00000208. The van der Waals surface area contributed by atoms with Crippen LogP contribution >= 0.6 is 0 Å². The fraction of sp³-hybridized carbons (Fsp3) is 0.540. The second kappa shape index (κ2) is 30.5. The van der Waals surface area contributed by atoms with E-state index in [0.29, 0.717) is 43.4 Å². The Morgan fingerprint density at radius 2 is 1.25 bits per heavy atom. The number of fused-ring (bicyclic) bond motifs is 1. The minimum atomic E-state index is -5.08. The second-order valence-electron chi connectivity index (χ2n) is 19.0. The Labute approximate surface area is 441 Å². The highest BCUT2D eigenvalue weighted by molar-refractivity contribution is 5.98. The van der Waals surface area contributed by atoms with Crippen LogP contribution in [0.2, 0.25) is 0 Å². The summed E-state index contributed by atoms with van der Waals surface area (Å²) in [5.41, 5.74) is 13.5. The van der Waals surface area contributed by atoms with Crippen LogP contribution in [-0.2, 0) is 56.0 Å². The van der Waals surface area contributed by atoms with Crippen LogP contribution in [0.4, 0.5) is 13.2 Å². The maximum absolute atomic E-state index is 14.6. The van der Waals surface area contributed by atoms with Crippen LogP contribution in [0.1, 0.15) is 77.3 Å². The van der Waals surface area contributed by atoms with Gasteiger partial charge in [-0.25, -0.2) is 9.59 Å². The quantitative estimate of drug-likeness (QED) is 0.0400. The van der Waals surface area contributed by atoms with E-state index in [4.69, 9.17) is 21.4 Å². The SMILES string of the molecule is CC(C)C[C@H](NC(=O)[C@@H](NC(=O)[C@@H](NC(=O)[C@H](Cc1ccccc1)NC(=O)[C@H](Cc1c[nH]c2ccccc12)NC(=O)[C@@H]1CCCN1C(=O)[C@H](CO)NC(=O)[C@@H](N)CCCCN)[C@@H](C)O)[C@@H](C)O)C(=O)O.O=C(O)C(F)(F)F. The number of amides is 7. The lowest BCUT2D eigenvalue weighted by Gasteiger charge is -2.30. The maximum Gasteiger partial charge on any atom is 0.490 e. The van der Waals surface area contributed by atoms with E-state index in [1.54, 1.807) is 56.4 Å². The number of carboxylic acid groups (broad SMARTS) is 2. The number of benzene rings is 2. The van der Waals surface area contributed by atoms with E-state index in [-0.39, 0.29) is 38.1 Å². The summed E-state index contributed by atoms with van der Waals surface area (Å²) in [6, 6.07) is 4.60. The van der Waals surface area contributed by atoms with E-state index in [9.17, 15) is 72.0 Å². The predicted molar refractivity (Wildman–Crippen MR) is 271 cm³/mol. The summed E-state index contributed by atoms with van der Waals surface area (Å²) in [4.78, 5) is 122. The molecule has 7 amide bonds. The summed E-state index contributed by atoms with van der Waals surface area (Å²) in [5, 5.41) is 64.1. The highest BCUT2D eigenvalue weighted by atomic mass is 19.4. The zero-order chi connectivity index (χ0) is 57.7. The molecule has 2 heterocycles. The molecule has 16 N–H and O–H groups in total.